The van der Waals surface area contributed by atoms with Crippen molar-refractivity contribution >= 4 is 33.7 Å². The van der Waals surface area contributed by atoms with Crippen LogP contribution in [0.25, 0.3) is 44.5 Å². The quantitative estimate of drug-likeness (QED) is 0.235. The largest absolute Gasteiger partial charge is 0.454 e. The number of furan rings is 1. The molecule has 0 radical (unpaired) electrons. The Morgan fingerprint density at radius 3 is 1.74 bits per heavy atom. The first-order chi connectivity index (χ1) is 20.8. The van der Waals surface area contributed by atoms with Crippen molar-refractivity contribution in [2.24, 2.45) is 0 Å². The number of anilines is 4. The van der Waals surface area contributed by atoms with E-state index >= 15 is 0 Å². The van der Waals surface area contributed by atoms with Crippen LogP contribution in [0.1, 0.15) is 5.56 Å². The van der Waals surface area contributed by atoms with Gasteiger partial charge in [0.25, 0.3) is 0 Å². The third-order valence-corrected chi connectivity index (χ3v) is 8.07. The Balaban J connectivity index is 1.31. The Morgan fingerprint density at radius 2 is 1.07 bits per heavy atom. The van der Waals surface area contributed by atoms with E-state index < -0.39 is 0 Å². The van der Waals surface area contributed by atoms with Gasteiger partial charge in [0, 0.05) is 34.6 Å². The molecule has 0 aliphatic carbocycles. The van der Waals surface area contributed by atoms with Gasteiger partial charge in [-0.3, -0.25) is 0 Å². The summed E-state index contributed by atoms with van der Waals surface area (Å²) in [5, 5.41) is 4.72. The molecule has 1 N–H and O–H groups in total. The Labute approximate surface area is 245 Å². The first-order valence-electron chi connectivity index (χ1n) is 14.3. The normalized spacial score (nSPS) is 11.9. The number of nitrogens with one attached hydrogen (secondary N) is 1. The van der Waals surface area contributed by atoms with Crippen LogP contribution >= 0.6 is 0 Å². The van der Waals surface area contributed by atoms with Crippen LogP contribution in [0.5, 0.6) is 0 Å². The molecule has 8 rings (SSSR count). The van der Waals surface area contributed by atoms with Gasteiger partial charge in [-0.25, -0.2) is 0 Å². The molecule has 0 fully saturated rings. The second kappa shape index (κ2) is 10.1. The first kappa shape index (κ1) is 24.3. The summed E-state index contributed by atoms with van der Waals surface area (Å²) in [5.41, 5.74) is 12.4. The Kier molecular flexibility index (Phi) is 5.86. The van der Waals surface area contributed by atoms with E-state index in [4.69, 9.17) is 4.42 Å². The van der Waals surface area contributed by atoms with E-state index in [9.17, 15) is 0 Å². The minimum Gasteiger partial charge on any atom is -0.454 e. The number of hydrogen-bond acceptors (Lipinski definition) is 3. The van der Waals surface area contributed by atoms with E-state index in [1.807, 2.05) is 0 Å². The summed E-state index contributed by atoms with van der Waals surface area (Å²) in [6.45, 7) is 0.782. The van der Waals surface area contributed by atoms with E-state index in [-0.39, 0.29) is 0 Å². The van der Waals surface area contributed by atoms with Gasteiger partial charge in [0.05, 0.1) is 5.69 Å². The highest BCUT2D eigenvalue weighted by molar-refractivity contribution is 6.02. The maximum atomic E-state index is 6.44. The summed E-state index contributed by atoms with van der Waals surface area (Å²) in [4.78, 5) is 2.34. The molecular weight excluding hydrogens is 512 g/mol. The molecule has 1 aromatic heterocycles. The van der Waals surface area contributed by atoms with E-state index in [0.717, 1.165) is 51.6 Å². The average Bonchev–Trinajstić information content (AvgIpc) is 3.45. The molecule has 1 aliphatic heterocycles. The Morgan fingerprint density at radius 1 is 0.500 bits per heavy atom. The van der Waals surface area contributed by atoms with Gasteiger partial charge in [-0.2, -0.15) is 0 Å². The monoisotopic (exact) mass is 540 g/mol. The minimum atomic E-state index is 0.782. The van der Waals surface area contributed by atoms with Crippen molar-refractivity contribution < 1.29 is 4.42 Å². The van der Waals surface area contributed by atoms with E-state index in [1.165, 1.54) is 27.8 Å². The zero-order valence-electron chi connectivity index (χ0n) is 23.0. The lowest BCUT2D eigenvalue weighted by Crippen LogP contribution is -2.10. The fourth-order valence-electron chi connectivity index (χ4n) is 6.03. The maximum absolute atomic E-state index is 6.44. The topological polar surface area (TPSA) is 28.4 Å². The molecule has 0 bridgehead atoms. The van der Waals surface area contributed by atoms with E-state index in [2.05, 4.69) is 162 Å². The highest BCUT2D eigenvalue weighted by Gasteiger charge is 2.24. The van der Waals surface area contributed by atoms with Gasteiger partial charge in [0.2, 0.25) is 0 Å². The van der Waals surface area contributed by atoms with Gasteiger partial charge in [-0.1, -0.05) is 109 Å². The first-order valence-corrected chi connectivity index (χ1v) is 14.3. The van der Waals surface area contributed by atoms with Crippen molar-refractivity contribution in [1.82, 2.24) is 0 Å². The molecule has 0 atom stereocenters. The summed E-state index contributed by atoms with van der Waals surface area (Å²) >= 11 is 0. The number of rotatable bonds is 5. The highest BCUT2D eigenvalue weighted by atomic mass is 16.3. The third-order valence-electron chi connectivity index (χ3n) is 8.07. The molecule has 0 amide bonds. The van der Waals surface area contributed by atoms with Crippen LogP contribution in [0.4, 0.5) is 22.7 Å². The molecule has 3 nitrogen and oxygen atoms in total. The predicted octanol–water partition coefficient (Wildman–Crippen LogP) is 10.8. The molecule has 3 heteroatoms. The van der Waals surface area contributed by atoms with Crippen molar-refractivity contribution in [3.63, 3.8) is 0 Å². The molecular formula is C39H28N2O. The lowest BCUT2D eigenvalue weighted by molar-refractivity contribution is 0.629. The number of fused-ring (bicyclic) bond motifs is 5. The van der Waals surface area contributed by atoms with Gasteiger partial charge in [0.1, 0.15) is 5.58 Å². The summed E-state index contributed by atoms with van der Waals surface area (Å²) < 4.78 is 6.44. The van der Waals surface area contributed by atoms with Crippen LogP contribution in [0.3, 0.4) is 0 Å². The zero-order chi connectivity index (χ0) is 27.9. The highest BCUT2D eigenvalue weighted by Crippen LogP contribution is 2.45. The summed E-state index contributed by atoms with van der Waals surface area (Å²) in [7, 11) is 0. The molecule has 0 unspecified atom stereocenters. The predicted molar refractivity (Wildman–Crippen MR) is 175 cm³/mol. The third kappa shape index (κ3) is 4.23. The summed E-state index contributed by atoms with van der Waals surface area (Å²) in [6.07, 6.45) is 0. The van der Waals surface area contributed by atoms with Gasteiger partial charge in [0.15, 0.2) is 5.76 Å². The lowest BCUT2D eigenvalue weighted by atomic mass is 9.99. The molecule has 6 aromatic carbocycles. The maximum Gasteiger partial charge on any atom is 0.158 e. The number of benzene rings is 6. The second-order valence-corrected chi connectivity index (χ2v) is 10.7. The van der Waals surface area contributed by atoms with Crippen LogP contribution in [-0.2, 0) is 6.54 Å². The molecule has 1 aliphatic rings. The molecule has 0 saturated heterocycles. The van der Waals surface area contributed by atoms with Crippen LogP contribution < -0.4 is 10.2 Å². The van der Waals surface area contributed by atoms with Crippen molar-refractivity contribution in [2.75, 3.05) is 10.2 Å². The van der Waals surface area contributed by atoms with Crippen LogP contribution in [0.2, 0.25) is 0 Å². The molecule has 0 saturated carbocycles. The zero-order valence-corrected chi connectivity index (χ0v) is 23.0. The number of hydrogen-bond donors (Lipinski definition) is 1. The van der Waals surface area contributed by atoms with Gasteiger partial charge >= 0.3 is 0 Å². The summed E-state index contributed by atoms with van der Waals surface area (Å²) in [6, 6.07) is 53.6. The lowest BCUT2D eigenvalue weighted by Gasteiger charge is -2.27. The fourth-order valence-corrected chi connectivity index (χ4v) is 6.03. The fraction of sp³-hybridized carbons (Fsp3) is 0.0256. The smallest absolute Gasteiger partial charge is 0.158 e. The van der Waals surface area contributed by atoms with Gasteiger partial charge in [-0.15, -0.1) is 0 Å². The minimum absolute atomic E-state index is 0.782. The molecule has 7 aromatic rings. The van der Waals surface area contributed by atoms with Crippen LogP contribution in [-0.4, -0.2) is 0 Å². The molecule has 0 spiro atoms. The molecule has 200 valence electrons. The second-order valence-electron chi connectivity index (χ2n) is 10.7. The van der Waals surface area contributed by atoms with Crippen LogP contribution in [0.15, 0.2) is 156 Å². The standard InChI is InChI=1S/C39H28N2O/c1-3-11-27(12-4-1)29-16-9-18-32(23-29)41(33-19-10-17-30(24-33)28-13-5-2-6-14-28)34-21-22-37-36(25-34)38-39(42-37)35-20-8-7-15-31(35)26-40-38/h1-25,40H,26H2. The number of nitrogens with zero attached hydrogens (tertiary/aromatic N) is 1. The van der Waals surface area contributed by atoms with Gasteiger partial charge in [-0.05, 0) is 70.3 Å². The molecule has 2 heterocycles. The summed E-state index contributed by atoms with van der Waals surface area (Å²) in [5.74, 6) is 0.910. The van der Waals surface area contributed by atoms with Crippen molar-refractivity contribution in [2.45, 2.75) is 6.54 Å². The molecule has 42 heavy (non-hydrogen) atoms. The van der Waals surface area contributed by atoms with E-state index in [0.29, 0.717) is 0 Å². The average molecular weight is 541 g/mol. The van der Waals surface area contributed by atoms with E-state index in [1.54, 1.807) is 0 Å². The van der Waals surface area contributed by atoms with Gasteiger partial charge < -0.3 is 14.6 Å². The Hall–Kier alpha value is -5.54. The Bertz CT molecular complexity index is 1960. The van der Waals surface area contributed by atoms with Crippen molar-refractivity contribution in [3.8, 4) is 33.6 Å². The van der Waals surface area contributed by atoms with Crippen molar-refractivity contribution in [1.29, 1.82) is 0 Å². The van der Waals surface area contributed by atoms with Crippen molar-refractivity contribution in [3.05, 3.63) is 157 Å². The van der Waals surface area contributed by atoms with Crippen LogP contribution in [0, 0.1) is 0 Å². The SMILES string of the molecule is c1ccc(-c2cccc(N(c3cccc(-c4ccccc4)c3)c3ccc4oc5c(c4c3)NCc3ccccc3-5)c2)cc1.